The second-order valence-corrected chi connectivity index (χ2v) is 4.87. The molecule has 1 heterocycles. The van der Waals surface area contributed by atoms with E-state index in [0.29, 0.717) is 5.56 Å². The number of nitrogens with zero attached hydrogens (tertiary/aromatic N) is 1. The number of fused-ring (bicyclic) bond motifs is 1. The van der Waals surface area contributed by atoms with Crippen LogP contribution in [0.2, 0.25) is 0 Å². The largest absolute Gasteiger partial charge is 0.320 e. The molecule has 100 valence electrons. The van der Waals surface area contributed by atoms with E-state index in [4.69, 9.17) is 5.73 Å². The van der Waals surface area contributed by atoms with E-state index >= 15 is 0 Å². The minimum Gasteiger partial charge on any atom is -0.320 e. The Kier molecular flexibility index (Phi) is 3.20. The van der Waals surface area contributed by atoms with Gasteiger partial charge in [-0.1, -0.05) is 36.4 Å². The summed E-state index contributed by atoms with van der Waals surface area (Å²) in [5.74, 6) is -0.279. The molecule has 20 heavy (non-hydrogen) atoms. The summed E-state index contributed by atoms with van der Waals surface area (Å²) in [5.41, 5.74) is 9.45. The molecule has 2 aromatic carbocycles. The molecule has 3 rings (SSSR count). The number of aromatic nitrogens is 1. The lowest BCUT2D eigenvalue weighted by molar-refractivity contribution is 0.600. The zero-order valence-electron chi connectivity index (χ0n) is 11.2. The van der Waals surface area contributed by atoms with Crippen molar-refractivity contribution in [3.8, 4) is 0 Å². The highest BCUT2D eigenvalue weighted by Gasteiger charge is 2.16. The summed E-state index contributed by atoms with van der Waals surface area (Å²) in [5, 5.41) is 0.967. The standard InChI is InChI=1S/C17H15FN2/c1-11-10-14(12-6-3-5-9-16(12)20-11)17(19)13-7-2-4-8-15(13)18/h2-10,17H,19H2,1H3. The molecular formula is C17H15FN2. The topological polar surface area (TPSA) is 38.9 Å². The van der Waals surface area contributed by atoms with Gasteiger partial charge in [0.2, 0.25) is 0 Å². The Bertz CT molecular complexity index is 768. The second kappa shape index (κ2) is 5.02. The lowest BCUT2D eigenvalue weighted by Crippen LogP contribution is -2.14. The van der Waals surface area contributed by atoms with Crippen molar-refractivity contribution < 1.29 is 4.39 Å². The van der Waals surface area contributed by atoms with Gasteiger partial charge in [-0.15, -0.1) is 0 Å². The molecule has 0 aliphatic rings. The number of rotatable bonds is 2. The number of halogens is 1. The van der Waals surface area contributed by atoms with Crippen LogP contribution in [-0.4, -0.2) is 4.98 Å². The predicted octanol–water partition coefficient (Wildman–Crippen LogP) is 3.73. The van der Waals surface area contributed by atoms with Gasteiger partial charge in [0.05, 0.1) is 11.6 Å². The first kappa shape index (κ1) is 12.8. The Balaban J connectivity index is 2.21. The maximum absolute atomic E-state index is 13.9. The van der Waals surface area contributed by atoms with E-state index in [2.05, 4.69) is 4.98 Å². The number of hydrogen-bond donors (Lipinski definition) is 1. The first-order valence-electron chi connectivity index (χ1n) is 6.53. The van der Waals surface area contributed by atoms with Crippen LogP contribution in [0.15, 0.2) is 54.6 Å². The molecule has 2 N–H and O–H groups in total. The van der Waals surface area contributed by atoms with Crippen molar-refractivity contribution in [1.29, 1.82) is 0 Å². The van der Waals surface area contributed by atoms with Gasteiger partial charge in [0.25, 0.3) is 0 Å². The molecule has 0 saturated carbocycles. The third kappa shape index (κ3) is 2.17. The summed E-state index contributed by atoms with van der Waals surface area (Å²) in [6.07, 6.45) is 0. The van der Waals surface area contributed by atoms with Crippen molar-refractivity contribution >= 4 is 10.9 Å². The van der Waals surface area contributed by atoms with Crippen molar-refractivity contribution in [1.82, 2.24) is 4.98 Å². The van der Waals surface area contributed by atoms with E-state index in [1.807, 2.05) is 37.3 Å². The maximum Gasteiger partial charge on any atom is 0.128 e. The molecule has 1 aromatic heterocycles. The quantitative estimate of drug-likeness (QED) is 0.767. The van der Waals surface area contributed by atoms with Crippen LogP contribution in [0, 0.1) is 12.7 Å². The fourth-order valence-electron chi connectivity index (χ4n) is 2.49. The average molecular weight is 266 g/mol. The molecule has 0 bridgehead atoms. The molecule has 1 unspecified atom stereocenters. The van der Waals surface area contributed by atoms with Gasteiger partial charge in [-0.2, -0.15) is 0 Å². The molecule has 2 nitrogen and oxygen atoms in total. The third-order valence-corrected chi connectivity index (χ3v) is 3.45. The highest BCUT2D eigenvalue weighted by Crippen LogP contribution is 2.28. The minimum absolute atomic E-state index is 0.279. The monoisotopic (exact) mass is 266 g/mol. The Hall–Kier alpha value is -2.26. The third-order valence-electron chi connectivity index (χ3n) is 3.45. The molecular weight excluding hydrogens is 251 g/mol. The van der Waals surface area contributed by atoms with E-state index in [1.165, 1.54) is 6.07 Å². The Morgan fingerprint density at radius 2 is 1.70 bits per heavy atom. The first-order valence-corrected chi connectivity index (χ1v) is 6.53. The zero-order valence-corrected chi connectivity index (χ0v) is 11.2. The number of hydrogen-bond acceptors (Lipinski definition) is 2. The van der Waals surface area contributed by atoms with Crippen LogP contribution in [0.4, 0.5) is 4.39 Å². The number of para-hydroxylation sites is 1. The molecule has 0 saturated heterocycles. The normalized spacial score (nSPS) is 12.6. The molecule has 1 atom stereocenters. The van der Waals surface area contributed by atoms with Gasteiger partial charge in [-0.3, -0.25) is 4.98 Å². The Labute approximate surface area is 117 Å². The van der Waals surface area contributed by atoms with Crippen molar-refractivity contribution in [3.05, 3.63) is 77.2 Å². The van der Waals surface area contributed by atoms with E-state index in [0.717, 1.165) is 22.2 Å². The van der Waals surface area contributed by atoms with Gasteiger partial charge in [0.1, 0.15) is 5.82 Å². The fraction of sp³-hybridized carbons (Fsp3) is 0.118. The lowest BCUT2D eigenvalue weighted by atomic mass is 9.95. The Morgan fingerprint density at radius 3 is 2.50 bits per heavy atom. The Morgan fingerprint density at radius 1 is 1.00 bits per heavy atom. The van der Waals surface area contributed by atoms with E-state index in [9.17, 15) is 4.39 Å². The molecule has 3 heteroatoms. The van der Waals surface area contributed by atoms with E-state index in [-0.39, 0.29) is 5.82 Å². The van der Waals surface area contributed by atoms with Crippen LogP contribution in [-0.2, 0) is 0 Å². The van der Waals surface area contributed by atoms with Gasteiger partial charge >= 0.3 is 0 Å². The SMILES string of the molecule is Cc1cc(C(N)c2ccccc2F)c2ccccc2n1. The molecule has 3 aromatic rings. The van der Waals surface area contributed by atoms with E-state index in [1.54, 1.807) is 18.2 Å². The summed E-state index contributed by atoms with van der Waals surface area (Å²) in [6.45, 7) is 1.92. The number of pyridine rings is 1. The van der Waals surface area contributed by atoms with Crippen LogP contribution >= 0.6 is 0 Å². The summed E-state index contributed by atoms with van der Waals surface area (Å²) in [7, 11) is 0. The van der Waals surface area contributed by atoms with Crippen LogP contribution in [0.3, 0.4) is 0 Å². The average Bonchev–Trinajstić information content (AvgIpc) is 2.46. The highest BCUT2D eigenvalue weighted by atomic mass is 19.1. The molecule has 0 radical (unpaired) electrons. The van der Waals surface area contributed by atoms with Crippen LogP contribution < -0.4 is 5.73 Å². The predicted molar refractivity (Wildman–Crippen MR) is 78.9 cm³/mol. The van der Waals surface area contributed by atoms with Crippen molar-refractivity contribution in [2.45, 2.75) is 13.0 Å². The molecule has 0 amide bonds. The van der Waals surface area contributed by atoms with Gasteiger partial charge in [0, 0.05) is 16.6 Å². The number of nitrogens with two attached hydrogens (primary N) is 1. The maximum atomic E-state index is 13.9. The zero-order chi connectivity index (χ0) is 14.1. The molecule has 0 aliphatic carbocycles. The second-order valence-electron chi connectivity index (χ2n) is 4.87. The van der Waals surface area contributed by atoms with Crippen LogP contribution in [0.1, 0.15) is 22.9 Å². The first-order chi connectivity index (χ1) is 9.66. The van der Waals surface area contributed by atoms with Crippen molar-refractivity contribution in [2.24, 2.45) is 5.73 Å². The summed E-state index contributed by atoms with van der Waals surface area (Å²) in [6, 6.07) is 15.9. The van der Waals surface area contributed by atoms with E-state index < -0.39 is 6.04 Å². The van der Waals surface area contributed by atoms with Crippen LogP contribution in [0.25, 0.3) is 10.9 Å². The molecule has 0 aliphatic heterocycles. The smallest absolute Gasteiger partial charge is 0.128 e. The van der Waals surface area contributed by atoms with Gasteiger partial charge in [0.15, 0.2) is 0 Å². The van der Waals surface area contributed by atoms with Crippen molar-refractivity contribution in [2.75, 3.05) is 0 Å². The molecule has 0 spiro atoms. The highest BCUT2D eigenvalue weighted by molar-refractivity contribution is 5.83. The lowest BCUT2D eigenvalue weighted by Gasteiger charge is -2.16. The van der Waals surface area contributed by atoms with Gasteiger partial charge < -0.3 is 5.73 Å². The van der Waals surface area contributed by atoms with Gasteiger partial charge in [-0.05, 0) is 30.7 Å². The van der Waals surface area contributed by atoms with Crippen LogP contribution in [0.5, 0.6) is 0 Å². The fourth-order valence-corrected chi connectivity index (χ4v) is 2.49. The summed E-state index contributed by atoms with van der Waals surface area (Å²) < 4.78 is 13.9. The minimum atomic E-state index is -0.497. The van der Waals surface area contributed by atoms with Gasteiger partial charge in [-0.25, -0.2) is 4.39 Å². The summed E-state index contributed by atoms with van der Waals surface area (Å²) >= 11 is 0. The number of aryl methyl sites for hydroxylation is 1. The molecule has 0 fully saturated rings. The summed E-state index contributed by atoms with van der Waals surface area (Å²) in [4.78, 5) is 4.49. The number of benzene rings is 2. The van der Waals surface area contributed by atoms with Crippen molar-refractivity contribution in [3.63, 3.8) is 0 Å².